The Morgan fingerprint density at radius 2 is 1.65 bits per heavy atom. The summed E-state index contributed by atoms with van der Waals surface area (Å²) in [5.74, 6) is 2.02. The number of aromatic nitrogens is 4. The van der Waals surface area contributed by atoms with E-state index in [1.165, 1.54) is 5.56 Å². The molecular weight excluding hydrogens is 328 g/mol. The van der Waals surface area contributed by atoms with Gasteiger partial charge in [0.25, 0.3) is 0 Å². The molecule has 26 heavy (non-hydrogen) atoms. The number of piperazine rings is 1. The van der Waals surface area contributed by atoms with E-state index in [0.29, 0.717) is 11.8 Å². The van der Waals surface area contributed by atoms with Crippen LogP contribution in [-0.2, 0) is 0 Å². The minimum Gasteiger partial charge on any atom is -0.419 e. The fourth-order valence-electron chi connectivity index (χ4n) is 3.14. The molecule has 1 atom stereocenters. The molecule has 7 nitrogen and oxygen atoms in total. The fourth-order valence-corrected chi connectivity index (χ4v) is 3.14. The summed E-state index contributed by atoms with van der Waals surface area (Å²) in [4.78, 5) is 13.2. The Morgan fingerprint density at radius 1 is 0.962 bits per heavy atom. The largest absolute Gasteiger partial charge is 0.419 e. The molecule has 1 aromatic carbocycles. The van der Waals surface area contributed by atoms with Gasteiger partial charge in [-0.05, 0) is 32.0 Å². The number of nitrogens with zero attached hydrogens (tertiary/aromatic N) is 6. The van der Waals surface area contributed by atoms with Crippen LogP contribution in [0.4, 0.5) is 5.95 Å². The van der Waals surface area contributed by atoms with E-state index < -0.39 is 0 Å². The van der Waals surface area contributed by atoms with Gasteiger partial charge in [-0.3, -0.25) is 4.90 Å². The van der Waals surface area contributed by atoms with E-state index in [1.54, 1.807) is 12.4 Å². The molecular formula is C19H22N6O. The molecule has 1 fully saturated rings. The lowest BCUT2D eigenvalue weighted by atomic mass is 10.1. The van der Waals surface area contributed by atoms with E-state index in [9.17, 15) is 0 Å². The highest BCUT2D eigenvalue weighted by atomic mass is 16.4. The van der Waals surface area contributed by atoms with Crippen molar-refractivity contribution in [2.24, 2.45) is 0 Å². The quantitative estimate of drug-likeness (QED) is 0.716. The zero-order valence-electron chi connectivity index (χ0n) is 15.0. The van der Waals surface area contributed by atoms with Crippen LogP contribution in [0.5, 0.6) is 0 Å². The summed E-state index contributed by atoms with van der Waals surface area (Å²) in [6, 6.07) is 10.0. The predicted octanol–water partition coefficient (Wildman–Crippen LogP) is 2.72. The normalized spacial score (nSPS) is 16.6. The third-order valence-electron chi connectivity index (χ3n) is 4.79. The van der Waals surface area contributed by atoms with Crippen LogP contribution in [0.15, 0.2) is 47.1 Å². The van der Waals surface area contributed by atoms with Crippen molar-refractivity contribution in [3.8, 4) is 11.5 Å². The number of aryl methyl sites for hydroxylation is 1. The Hall–Kier alpha value is -2.80. The standard InChI is InChI=1S/C19H22N6O/c1-14-4-6-16(7-5-14)18-23-22-17(26-18)15(2)24-10-12-25(13-11-24)19-20-8-3-9-21-19/h3-9,15H,10-13H2,1-2H3. The molecule has 0 saturated carbocycles. The lowest BCUT2D eigenvalue weighted by Gasteiger charge is -2.36. The van der Waals surface area contributed by atoms with Gasteiger partial charge < -0.3 is 9.32 Å². The van der Waals surface area contributed by atoms with Gasteiger partial charge in [-0.1, -0.05) is 17.7 Å². The van der Waals surface area contributed by atoms with Gasteiger partial charge in [0.1, 0.15) is 0 Å². The van der Waals surface area contributed by atoms with Gasteiger partial charge in [0.05, 0.1) is 6.04 Å². The first-order valence-electron chi connectivity index (χ1n) is 8.87. The summed E-state index contributed by atoms with van der Waals surface area (Å²) in [5.41, 5.74) is 2.16. The number of anilines is 1. The van der Waals surface area contributed by atoms with E-state index in [0.717, 1.165) is 37.7 Å². The highest BCUT2D eigenvalue weighted by molar-refractivity contribution is 5.52. The summed E-state index contributed by atoms with van der Waals surface area (Å²) in [6.45, 7) is 7.75. The van der Waals surface area contributed by atoms with Crippen molar-refractivity contribution in [2.45, 2.75) is 19.9 Å². The van der Waals surface area contributed by atoms with Gasteiger partial charge in [0.2, 0.25) is 17.7 Å². The summed E-state index contributed by atoms with van der Waals surface area (Å²) < 4.78 is 5.93. The second-order valence-electron chi connectivity index (χ2n) is 6.56. The minimum absolute atomic E-state index is 0.0838. The van der Waals surface area contributed by atoms with Crippen LogP contribution in [0.1, 0.15) is 24.4 Å². The van der Waals surface area contributed by atoms with E-state index in [4.69, 9.17) is 4.42 Å². The van der Waals surface area contributed by atoms with E-state index in [2.05, 4.69) is 43.8 Å². The van der Waals surface area contributed by atoms with Crippen molar-refractivity contribution in [1.29, 1.82) is 0 Å². The molecule has 1 aliphatic rings. The van der Waals surface area contributed by atoms with Crippen molar-refractivity contribution < 1.29 is 4.42 Å². The van der Waals surface area contributed by atoms with Crippen LogP contribution in [0.2, 0.25) is 0 Å². The van der Waals surface area contributed by atoms with Crippen molar-refractivity contribution >= 4 is 5.95 Å². The lowest BCUT2D eigenvalue weighted by Crippen LogP contribution is -2.47. The molecule has 0 amide bonds. The molecule has 2 aromatic heterocycles. The second-order valence-corrected chi connectivity index (χ2v) is 6.56. The van der Waals surface area contributed by atoms with Gasteiger partial charge in [-0.2, -0.15) is 0 Å². The predicted molar refractivity (Wildman–Crippen MR) is 98.7 cm³/mol. The van der Waals surface area contributed by atoms with Crippen molar-refractivity contribution in [3.63, 3.8) is 0 Å². The molecule has 0 aliphatic carbocycles. The zero-order valence-corrected chi connectivity index (χ0v) is 15.0. The average Bonchev–Trinajstić information content (AvgIpc) is 3.19. The molecule has 1 saturated heterocycles. The number of benzene rings is 1. The Labute approximate surface area is 152 Å². The van der Waals surface area contributed by atoms with Crippen LogP contribution >= 0.6 is 0 Å². The van der Waals surface area contributed by atoms with Gasteiger partial charge in [0.15, 0.2) is 0 Å². The number of hydrogen-bond acceptors (Lipinski definition) is 7. The highest BCUT2D eigenvalue weighted by Crippen LogP contribution is 2.25. The summed E-state index contributed by atoms with van der Waals surface area (Å²) in [7, 11) is 0. The van der Waals surface area contributed by atoms with Gasteiger partial charge in [0, 0.05) is 44.1 Å². The molecule has 0 bridgehead atoms. The Morgan fingerprint density at radius 3 is 2.35 bits per heavy atom. The number of rotatable bonds is 4. The molecule has 134 valence electrons. The molecule has 4 rings (SSSR count). The van der Waals surface area contributed by atoms with Crippen molar-refractivity contribution in [2.75, 3.05) is 31.1 Å². The van der Waals surface area contributed by atoms with Crippen molar-refractivity contribution in [3.05, 3.63) is 54.2 Å². The zero-order chi connectivity index (χ0) is 17.9. The molecule has 7 heteroatoms. The van der Waals surface area contributed by atoms with E-state index in [-0.39, 0.29) is 6.04 Å². The summed E-state index contributed by atoms with van der Waals surface area (Å²) in [5, 5.41) is 8.49. The molecule has 1 aliphatic heterocycles. The maximum Gasteiger partial charge on any atom is 0.247 e. The first-order valence-corrected chi connectivity index (χ1v) is 8.87. The lowest BCUT2D eigenvalue weighted by molar-refractivity contribution is 0.173. The maximum absolute atomic E-state index is 5.93. The monoisotopic (exact) mass is 350 g/mol. The first kappa shape index (κ1) is 16.7. The van der Waals surface area contributed by atoms with Crippen molar-refractivity contribution in [1.82, 2.24) is 25.1 Å². The Balaban J connectivity index is 1.41. The van der Waals surface area contributed by atoms with E-state index >= 15 is 0 Å². The third kappa shape index (κ3) is 3.43. The molecule has 1 unspecified atom stereocenters. The smallest absolute Gasteiger partial charge is 0.247 e. The summed E-state index contributed by atoms with van der Waals surface area (Å²) in [6.07, 6.45) is 3.56. The molecule has 3 heterocycles. The van der Waals surface area contributed by atoms with Gasteiger partial charge in [-0.15, -0.1) is 10.2 Å². The highest BCUT2D eigenvalue weighted by Gasteiger charge is 2.26. The Kier molecular flexibility index (Phi) is 4.62. The molecule has 0 N–H and O–H groups in total. The minimum atomic E-state index is 0.0838. The fraction of sp³-hybridized carbons (Fsp3) is 0.368. The van der Waals surface area contributed by atoms with Crippen LogP contribution in [0, 0.1) is 6.92 Å². The first-order chi connectivity index (χ1) is 12.7. The van der Waals surface area contributed by atoms with Crippen LogP contribution in [0.3, 0.4) is 0 Å². The van der Waals surface area contributed by atoms with Gasteiger partial charge >= 0.3 is 0 Å². The third-order valence-corrected chi connectivity index (χ3v) is 4.79. The van der Waals surface area contributed by atoms with Gasteiger partial charge in [-0.25, -0.2) is 9.97 Å². The van der Waals surface area contributed by atoms with Crippen LogP contribution in [-0.4, -0.2) is 51.2 Å². The molecule has 0 spiro atoms. The van der Waals surface area contributed by atoms with E-state index in [1.807, 2.05) is 30.3 Å². The molecule has 0 radical (unpaired) electrons. The van der Waals surface area contributed by atoms with Crippen LogP contribution < -0.4 is 4.90 Å². The topological polar surface area (TPSA) is 71.2 Å². The SMILES string of the molecule is Cc1ccc(-c2nnc(C(C)N3CCN(c4ncccn4)CC3)o2)cc1. The van der Waals surface area contributed by atoms with Crippen LogP contribution in [0.25, 0.3) is 11.5 Å². The molecule has 3 aromatic rings. The number of hydrogen-bond donors (Lipinski definition) is 0. The maximum atomic E-state index is 5.93. The second kappa shape index (κ2) is 7.21. The Bertz CT molecular complexity index is 840. The average molecular weight is 350 g/mol. The summed E-state index contributed by atoms with van der Waals surface area (Å²) >= 11 is 0.